The van der Waals surface area contributed by atoms with Gasteiger partial charge in [0, 0.05) is 12.2 Å². The predicted octanol–water partition coefficient (Wildman–Crippen LogP) is 2.57. The Morgan fingerprint density at radius 1 is 1.06 bits per heavy atom. The van der Waals surface area contributed by atoms with Gasteiger partial charge in [-0.3, -0.25) is 9.59 Å². The van der Waals surface area contributed by atoms with Crippen molar-refractivity contribution in [2.75, 3.05) is 18.4 Å². The molecule has 166 valence electrons. The summed E-state index contributed by atoms with van der Waals surface area (Å²) in [6, 6.07) is 11.8. The summed E-state index contributed by atoms with van der Waals surface area (Å²) in [5.74, 6) is -2.40. The smallest absolute Gasteiger partial charge is 0.407 e. The second kappa shape index (κ2) is 10.3. The van der Waals surface area contributed by atoms with Gasteiger partial charge in [-0.15, -0.1) is 0 Å². The number of halogens is 2. The van der Waals surface area contributed by atoms with Gasteiger partial charge < -0.3 is 20.3 Å². The molecule has 0 saturated carbocycles. The van der Waals surface area contributed by atoms with Crippen LogP contribution >= 0.6 is 0 Å². The zero-order valence-electron chi connectivity index (χ0n) is 16.9. The third-order valence-corrected chi connectivity index (χ3v) is 4.92. The minimum Gasteiger partial charge on any atom is -0.445 e. The molecule has 0 bridgehead atoms. The lowest BCUT2D eigenvalue weighted by Crippen LogP contribution is -2.42. The quantitative estimate of drug-likeness (QED) is 0.714. The van der Waals surface area contributed by atoms with Crippen molar-refractivity contribution in [1.82, 2.24) is 10.2 Å². The highest BCUT2D eigenvalue weighted by Crippen LogP contribution is 2.24. The van der Waals surface area contributed by atoms with Crippen molar-refractivity contribution in [3.8, 4) is 6.07 Å². The topological polar surface area (TPSA) is 112 Å². The Bertz CT molecular complexity index is 1020. The van der Waals surface area contributed by atoms with E-state index < -0.39 is 42.1 Å². The van der Waals surface area contributed by atoms with Crippen LogP contribution in [0.1, 0.15) is 12.0 Å². The van der Waals surface area contributed by atoms with E-state index in [4.69, 9.17) is 4.74 Å². The summed E-state index contributed by atoms with van der Waals surface area (Å²) in [6.45, 7) is -0.500. The number of amides is 3. The van der Waals surface area contributed by atoms with Gasteiger partial charge in [0.05, 0.1) is 12.0 Å². The molecule has 0 aliphatic carbocycles. The van der Waals surface area contributed by atoms with E-state index >= 15 is 0 Å². The molecule has 32 heavy (non-hydrogen) atoms. The summed E-state index contributed by atoms with van der Waals surface area (Å²) in [6.07, 6.45) is -0.703. The van der Waals surface area contributed by atoms with Gasteiger partial charge in [-0.05, 0) is 48.4 Å². The minimum atomic E-state index is -0.846. The van der Waals surface area contributed by atoms with Crippen LogP contribution in [-0.4, -0.2) is 41.9 Å². The van der Waals surface area contributed by atoms with Crippen LogP contribution in [-0.2, 0) is 20.9 Å². The van der Waals surface area contributed by atoms with Crippen molar-refractivity contribution >= 4 is 23.6 Å². The zero-order chi connectivity index (χ0) is 23.1. The molecule has 8 nitrogen and oxygen atoms in total. The maximum atomic E-state index is 13.0. The highest BCUT2D eigenvalue weighted by atomic mass is 19.1. The van der Waals surface area contributed by atoms with Crippen LogP contribution in [0.3, 0.4) is 0 Å². The second-order valence-electron chi connectivity index (χ2n) is 7.18. The van der Waals surface area contributed by atoms with Gasteiger partial charge >= 0.3 is 6.09 Å². The molecule has 0 spiro atoms. The van der Waals surface area contributed by atoms with Crippen molar-refractivity contribution < 1.29 is 27.9 Å². The molecule has 2 N–H and O–H groups in total. The fourth-order valence-electron chi connectivity index (χ4n) is 3.23. The maximum Gasteiger partial charge on any atom is 0.407 e. The Kier molecular flexibility index (Phi) is 7.33. The van der Waals surface area contributed by atoms with E-state index in [-0.39, 0.29) is 25.5 Å². The van der Waals surface area contributed by atoms with E-state index in [0.717, 1.165) is 0 Å². The molecule has 1 saturated heterocycles. The number of likely N-dealkylation sites (tertiary alicyclic amines) is 1. The van der Waals surface area contributed by atoms with Crippen LogP contribution in [0.5, 0.6) is 0 Å². The van der Waals surface area contributed by atoms with Crippen LogP contribution < -0.4 is 10.6 Å². The molecular formula is C22H20F2N4O4. The van der Waals surface area contributed by atoms with Gasteiger partial charge in [-0.1, -0.05) is 12.1 Å². The zero-order valence-corrected chi connectivity index (χ0v) is 16.9. The standard InChI is InChI=1S/C22H20F2N4O4/c23-16-3-1-14(2-4-16)13-32-22(31)26-11-20(29)28-12-15(9-19(28)10-25)21(30)27-18-7-5-17(24)6-8-18/h1-8,15,19H,9,11-13H2,(H,26,31)(H,27,30). The molecule has 0 aromatic heterocycles. The number of alkyl carbamates (subject to hydrolysis) is 1. The van der Waals surface area contributed by atoms with E-state index in [0.29, 0.717) is 11.3 Å². The highest BCUT2D eigenvalue weighted by molar-refractivity contribution is 5.94. The summed E-state index contributed by atoms with van der Waals surface area (Å²) < 4.78 is 30.8. The first kappa shape index (κ1) is 22.7. The average molecular weight is 442 g/mol. The number of rotatable bonds is 6. The largest absolute Gasteiger partial charge is 0.445 e. The van der Waals surface area contributed by atoms with E-state index in [2.05, 4.69) is 10.6 Å². The van der Waals surface area contributed by atoms with Crippen LogP contribution in [0.2, 0.25) is 0 Å². The number of carbonyl (C=O) groups excluding carboxylic acids is 3. The van der Waals surface area contributed by atoms with Crippen molar-refractivity contribution in [2.24, 2.45) is 5.92 Å². The molecule has 1 fully saturated rings. The Morgan fingerprint density at radius 2 is 1.69 bits per heavy atom. The summed E-state index contributed by atoms with van der Waals surface area (Å²) in [5, 5.41) is 14.3. The first-order valence-electron chi connectivity index (χ1n) is 9.76. The van der Waals surface area contributed by atoms with Crippen LogP contribution in [0.15, 0.2) is 48.5 Å². The molecule has 1 aliphatic heterocycles. The number of benzene rings is 2. The van der Waals surface area contributed by atoms with Crippen molar-refractivity contribution in [2.45, 2.75) is 19.1 Å². The molecule has 10 heteroatoms. The first-order valence-corrected chi connectivity index (χ1v) is 9.76. The maximum absolute atomic E-state index is 13.0. The SMILES string of the molecule is N#CC1CC(C(=O)Nc2ccc(F)cc2)CN1C(=O)CNC(=O)OCc1ccc(F)cc1. The number of hydrogen-bond acceptors (Lipinski definition) is 5. The minimum absolute atomic E-state index is 0.0103. The summed E-state index contributed by atoms with van der Waals surface area (Å²) in [5.41, 5.74) is 0.979. The molecule has 2 aromatic carbocycles. The fraction of sp³-hybridized carbons (Fsp3) is 0.273. The number of nitrogens with zero attached hydrogens (tertiary/aromatic N) is 2. The Morgan fingerprint density at radius 3 is 2.31 bits per heavy atom. The van der Waals surface area contributed by atoms with Crippen LogP contribution in [0, 0.1) is 28.9 Å². The summed E-state index contributed by atoms with van der Waals surface area (Å²) in [4.78, 5) is 38.0. The molecular weight excluding hydrogens is 422 g/mol. The Balaban J connectivity index is 1.48. The van der Waals surface area contributed by atoms with Gasteiger partial charge in [0.15, 0.2) is 0 Å². The van der Waals surface area contributed by atoms with E-state index in [1.54, 1.807) is 0 Å². The Hall–Kier alpha value is -4.00. The van der Waals surface area contributed by atoms with Crippen LogP contribution in [0.4, 0.5) is 19.3 Å². The summed E-state index contributed by atoms with van der Waals surface area (Å²) >= 11 is 0. The van der Waals surface area contributed by atoms with E-state index in [1.165, 1.54) is 53.4 Å². The number of nitrogens with one attached hydrogen (secondary N) is 2. The molecule has 0 radical (unpaired) electrons. The molecule has 1 aliphatic rings. The third kappa shape index (κ3) is 6.01. The van der Waals surface area contributed by atoms with Crippen molar-refractivity contribution in [1.29, 1.82) is 5.26 Å². The third-order valence-electron chi connectivity index (χ3n) is 4.92. The lowest BCUT2D eigenvalue weighted by atomic mass is 10.1. The number of hydrogen-bond donors (Lipinski definition) is 2. The molecule has 3 amide bonds. The fourth-order valence-corrected chi connectivity index (χ4v) is 3.23. The molecule has 1 heterocycles. The summed E-state index contributed by atoms with van der Waals surface area (Å²) in [7, 11) is 0. The normalized spacial score (nSPS) is 17.3. The second-order valence-corrected chi connectivity index (χ2v) is 7.18. The molecule has 2 unspecified atom stereocenters. The number of nitriles is 1. The van der Waals surface area contributed by atoms with Crippen molar-refractivity contribution in [3.05, 3.63) is 65.7 Å². The van der Waals surface area contributed by atoms with Gasteiger partial charge in [0.1, 0.15) is 30.8 Å². The van der Waals surface area contributed by atoms with Gasteiger partial charge in [-0.25, -0.2) is 13.6 Å². The lowest BCUT2D eigenvalue weighted by Gasteiger charge is -2.19. The Labute approximate surface area is 182 Å². The van der Waals surface area contributed by atoms with Crippen molar-refractivity contribution in [3.63, 3.8) is 0 Å². The van der Waals surface area contributed by atoms with E-state index in [1.807, 2.05) is 6.07 Å². The number of ether oxygens (including phenoxy) is 1. The van der Waals surface area contributed by atoms with Gasteiger partial charge in [0.2, 0.25) is 11.8 Å². The number of carbonyl (C=O) groups is 3. The molecule has 2 atom stereocenters. The number of anilines is 1. The first-order chi connectivity index (χ1) is 15.4. The molecule has 2 aromatic rings. The van der Waals surface area contributed by atoms with Crippen LogP contribution in [0.25, 0.3) is 0 Å². The average Bonchev–Trinajstić information content (AvgIpc) is 3.23. The lowest BCUT2D eigenvalue weighted by molar-refractivity contribution is -0.130. The highest BCUT2D eigenvalue weighted by Gasteiger charge is 2.38. The van der Waals surface area contributed by atoms with Gasteiger partial charge in [-0.2, -0.15) is 5.26 Å². The molecule has 3 rings (SSSR count). The van der Waals surface area contributed by atoms with Gasteiger partial charge in [0.25, 0.3) is 0 Å². The predicted molar refractivity (Wildman–Crippen MR) is 109 cm³/mol. The van der Waals surface area contributed by atoms with E-state index in [9.17, 15) is 28.4 Å². The monoisotopic (exact) mass is 442 g/mol.